The number of hydrogen-bond acceptors (Lipinski definition) is 2. The Hall–Kier alpha value is -1.32. The first-order valence-corrected chi connectivity index (χ1v) is 6.02. The van der Waals surface area contributed by atoms with Gasteiger partial charge in [-0.05, 0) is 19.8 Å². The van der Waals surface area contributed by atoms with Gasteiger partial charge in [-0.25, -0.2) is 0 Å². The number of nitrogens with zero attached hydrogens (tertiary/aromatic N) is 3. The zero-order chi connectivity index (χ0) is 11.5. The van der Waals surface area contributed by atoms with Crippen molar-refractivity contribution < 1.29 is 4.79 Å². The molecule has 1 heterocycles. The van der Waals surface area contributed by atoms with Crippen LogP contribution in [0.2, 0.25) is 0 Å². The van der Waals surface area contributed by atoms with Crippen LogP contribution in [0.15, 0.2) is 12.4 Å². The molecule has 1 aromatic rings. The van der Waals surface area contributed by atoms with E-state index in [9.17, 15) is 4.79 Å². The Labute approximate surface area is 96.2 Å². The van der Waals surface area contributed by atoms with Crippen LogP contribution in [-0.2, 0) is 7.05 Å². The number of hydrogen-bond donors (Lipinski definition) is 0. The number of aryl methyl sites for hydroxylation is 1. The van der Waals surface area contributed by atoms with Crippen molar-refractivity contribution >= 4 is 5.91 Å². The largest absolute Gasteiger partial charge is 0.336 e. The summed E-state index contributed by atoms with van der Waals surface area (Å²) in [4.78, 5) is 14.2. The van der Waals surface area contributed by atoms with Gasteiger partial charge in [0.05, 0.1) is 11.8 Å². The summed E-state index contributed by atoms with van der Waals surface area (Å²) in [5, 5.41) is 4.05. The van der Waals surface area contributed by atoms with Gasteiger partial charge in [0, 0.05) is 25.8 Å². The minimum Gasteiger partial charge on any atom is -0.336 e. The van der Waals surface area contributed by atoms with Crippen molar-refractivity contribution in [1.29, 1.82) is 0 Å². The van der Waals surface area contributed by atoms with Crippen molar-refractivity contribution in [2.75, 3.05) is 6.54 Å². The maximum atomic E-state index is 12.2. The van der Waals surface area contributed by atoms with E-state index in [1.165, 1.54) is 12.8 Å². The van der Waals surface area contributed by atoms with Crippen LogP contribution < -0.4 is 0 Å². The van der Waals surface area contributed by atoms with E-state index >= 15 is 0 Å². The Morgan fingerprint density at radius 2 is 2.25 bits per heavy atom. The molecular formula is C12H19N3O. The molecule has 0 bridgehead atoms. The van der Waals surface area contributed by atoms with Crippen molar-refractivity contribution in [3.8, 4) is 0 Å². The van der Waals surface area contributed by atoms with Gasteiger partial charge < -0.3 is 4.90 Å². The second-order valence-corrected chi connectivity index (χ2v) is 4.43. The zero-order valence-electron chi connectivity index (χ0n) is 10.0. The van der Waals surface area contributed by atoms with E-state index in [1.54, 1.807) is 17.1 Å². The average molecular weight is 221 g/mol. The van der Waals surface area contributed by atoms with Crippen LogP contribution in [0.4, 0.5) is 0 Å². The molecule has 0 saturated heterocycles. The molecule has 1 aliphatic rings. The topological polar surface area (TPSA) is 38.1 Å². The zero-order valence-corrected chi connectivity index (χ0v) is 10.0. The Kier molecular flexibility index (Phi) is 3.27. The van der Waals surface area contributed by atoms with Gasteiger partial charge in [-0.2, -0.15) is 5.10 Å². The fraction of sp³-hybridized carbons (Fsp3) is 0.667. The molecule has 0 N–H and O–H groups in total. The summed E-state index contributed by atoms with van der Waals surface area (Å²) >= 11 is 0. The summed E-state index contributed by atoms with van der Waals surface area (Å²) < 4.78 is 1.68. The van der Waals surface area contributed by atoms with Crippen LogP contribution in [0.25, 0.3) is 0 Å². The normalized spacial score (nSPS) is 16.6. The van der Waals surface area contributed by atoms with E-state index in [0.29, 0.717) is 11.6 Å². The number of amides is 1. The van der Waals surface area contributed by atoms with Gasteiger partial charge in [-0.1, -0.05) is 12.8 Å². The molecule has 1 saturated carbocycles. The predicted molar refractivity (Wildman–Crippen MR) is 62.2 cm³/mol. The molecule has 0 spiro atoms. The van der Waals surface area contributed by atoms with Crippen molar-refractivity contribution in [1.82, 2.24) is 14.7 Å². The lowest BCUT2D eigenvalue weighted by Crippen LogP contribution is -2.38. The number of carbonyl (C=O) groups is 1. The van der Waals surface area contributed by atoms with Gasteiger partial charge >= 0.3 is 0 Å². The lowest BCUT2D eigenvalue weighted by molar-refractivity contribution is 0.0693. The highest BCUT2D eigenvalue weighted by atomic mass is 16.2. The average Bonchev–Trinajstić information content (AvgIpc) is 2.90. The highest BCUT2D eigenvalue weighted by molar-refractivity contribution is 5.93. The summed E-state index contributed by atoms with van der Waals surface area (Å²) in [5.41, 5.74) is 0.705. The van der Waals surface area contributed by atoms with E-state index in [-0.39, 0.29) is 5.91 Å². The third-order valence-electron chi connectivity index (χ3n) is 3.32. The van der Waals surface area contributed by atoms with Crippen LogP contribution in [0.5, 0.6) is 0 Å². The van der Waals surface area contributed by atoms with Crippen LogP contribution >= 0.6 is 0 Å². The fourth-order valence-electron chi connectivity index (χ4n) is 2.48. The molecule has 1 aromatic heterocycles. The van der Waals surface area contributed by atoms with E-state index in [0.717, 1.165) is 19.4 Å². The minimum absolute atomic E-state index is 0.127. The highest BCUT2D eigenvalue weighted by Crippen LogP contribution is 2.24. The van der Waals surface area contributed by atoms with Gasteiger partial charge in [-0.3, -0.25) is 9.48 Å². The molecule has 0 radical (unpaired) electrons. The smallest absolute Gasteiger partial charge is 0.257 e. The summed E-state index contributed by atoms with van der Waals surface area (Å²) in [7, 11) is 1.84. The second-order valence-electron chi connectivity index (χ2n) is 4.43. The van der Waals surface area contributed by atoms with Crippen molar-refractivity contribution in [3.05, 3.63) is 18.0 Å². The van der Waals surface area contributed by atoms with Gasteiger partial charge in [0.25, 0.3) is 5.91 Å². The molecule has 0 unspecified atom stereocenters. The first kappa shape index (κ1) is 11.2. The maximum Gasteiger partial charge on any atom is 0.257 e. The minimum atomic E-state index is 0.127. The van der Waals surface area contributed by atoms with Crippen LogP contribution in [-0.4, -0.2) is 33.2 Å². The number of rotatable bonds is 3. The summed E-state index contributed by atoms with van der Waals surface area (Å²) in [6.07, 6.45) is 8.25. The predicted octanol–water partition coefficient (Wildman–Crippen LogP) is 1.82. The Morgan fingerprint density at radius 1 is 1.56 bits per heavy atom. The highest BCUT2D eigenvalue weighted by Gasteiger charge is 2.26. The molecule has 4 nitrogen and oxygen atoms in total. The third-order valence-corrected chi connectivity index (χ3v) is 3.32. The molecule has 0 atom stereocenters. The van der Waals surface area contributed by atoms with E-state index < -0.39 is 0 Å². The van der Waals surface area contributed by atoms with Gasteiger partial charge in [0.1, 0.15) is 0 Å². The number of carbonyl (C=O) groups excluding carboxylic acids is 1. The SMILES string of the molecule is CCN(C(=O)c1cnn(C)c1)C1CCCC1. The first-order valence-electron chi connectivity index (χ1n) is 6.02. The molecule has 1 aliphatic carbocycles. The van der Waals surface area contributed by atoms with E-state index in [4.69, 9.17) is 0 Å². The van der Waals surface area contributed by atoms with Crippen LogP contribution in [0, 0.1) is 0 Å². The standard InChI is InChI=1S/C12H19N3O/c1-3-15(11-6-4-5-7-11)12(16)10-8-13-14(2)9-10/h8-9,11H,3-7H2,1-2H3. The fourth-order valence-corrected chi connectivity index (χ4v) is 2.48. The lowest BCUT2D eigenvalue weighted by Gasteiger charge is -2.27. The number of aromatic nitrogens is 2. The van der Waals surface area contributed by atoms with E-state index in [1.807, 2.05) is 18.9 Å². The molecule has 2 rings (SSSR count). The van der Waals surface area contributed by atoms with Gasteiger partial charge in [-0.15, -0.1) is 0 Å². The van der Waals surface area contributed by atoms with Crippen molar-refractivity contribution in [2.24, 2.45) is 7.05 Å². The van der Waals surface area contributed by atoms with Gasteiger partial charge in [0.15, 0.2) is 0 Å². The molecule has 0 aliphatic heterocycles. The molecule has 1 amide bonds. The maximum absolute atomic E-state index is 12.2. The Balaban J connectivity index is 2.11. The Bertz CT molecular complexity index is 366. The van der Waals surface area contributed by atoms with Gasteiger partial charge in [0.2, 0.25) is 0 Å². The first-order chi connectivity index (χ1) is 7.72. The van der Waals surface area contributed by atoms with Crippen LogP contribution in [0.3, 0.4) is 0 Å². The molecular weight excluding hydrogens is 202 g/mol. The van der Waals surface area contributed by atoms with Crippen molar-refractivity contribution in [2.45, 2.75) is 38.6 Å². The monoisotopic (exact) mass is 221 g/mol. The Morgan fingerprint density at radius 3 is 2.75 bits per heavy atom. The quantitative estimate of drug-likeness (QED) is 0.781. The second kappa shape index (κ2) is 4.68. The molecule has 4 heteroatoms. The van der Waals surface area contributed by atoms with E-state index in [2.05, 4.69) is 5.10 Å². The molecule has 16 heavy (non-hydrogen) atoms. The van der Waals surface area contributed by atoms with Crippen molar-refractivity contribution in [3.63, 3.8) is 0 Å². The molecule has 1 fully saturated rings. The lowest BCUT2D eigenvalue weighted by atomic mass is 10.2. The summed E-state index contributed by atoms with van der Waals surface area (Å²) in [6, 6.07) is 0.442. The summed E-state index contributed by atoms with van der Waals surface area (Å²) in [6.45, 7) is 2.84. The third kappa shape index (κ3) is 2.10. The summed E-state index contributed by atoms with van der Waals surface area (Å²) in [5.74, 6) is 0.127. The van der Waals surface area contributed by atoms with Crippen LogP contribution in [0.1, 0.15) is 43.0 Å². The molecule has 0 aromatic carbocycles. The molecule has 88 valence electrons.